The van der Waals surface area contributed by atoms with Crippen molar-refractivity contribution in [3.05, 3.63) is 78.4 Å². The van der Waals surface area contributed by atoms with Crippen LogP contribution in [0.25, 0.3) is 21.8 Å². The van der Waals surface area contributed by atoms with Crippen LogP contribution in [-0.2, 0) is 24.3 Å². The van der Waals surface area contributed by atoms with Crippen LogP contribution < -0.4 is 0 Å². The van der Waals surface area contributed by atoms with Gasteiger partial charge in [0, 0.05) is 17.7 Å². The molecular weight excluding hydrogens is 458 g/mol. The SMILES string of the molecule is CC(=O)OC[C@@H]1O[C@@H](c2cccc3c2c2ccccc2n3S(=O)(=O)c2ccccc2)[C@@H](O)[C@@H]1O. The molecule has 2 heterocycles. The fourth-order valence-corrected chi connectivity index (χ4v) is 6.09. The molecule has 3 aromatic carbocycles. The Labute approximate surface area is 196 Å². The lowest BCUT2D eigenvalue weighted by Gasteiger charge is -2.17. The van der Waals surface area contributed by atoms with Crippen molar-refractivity contribution >= 4 is 37.8 Å². The van der Waals surface area contributed by atoms with Crippen molar-refractivity contribution in [3.8, 4) is 0 Å². The fourth-order valence-electron chi connectivity index (χ4n) is 4.55. The third kappa shape index (κ3) is 3.57. The quantitative estimate of drug-likeness (QED) is 0.421. The molecule has 176 valence electrons. The highest BCUT2D eigenvalue weighted by Gasteiger charge is 2.44. The van der Waals surface area contributed by atoms with Crippen LogP contribution in [0, 0.1) is 0 Å². The van der Waals surface area contributed by atoms with Gasteiger partial charge in [-0.2, -0.15) is 0 Å². The number of hydrogen-bond donors (Lipinski definition) is 2. The van der Waals surface area contributed by atoms with Gasteiger partial charge in [0.05, 0.1) is 15.9 Å². The Morgan fingerprint density at radius 3 is 2.35 bits per heavy atom. The highest BCUT2D eigenvalue weighted by atomic mass is 32.2. The van der Waals surface area contributed by atoms with Crippen molar-refractivity contribution in [3.63, 3.8) is 0 Å². The number of rotatable bonds is 5. The molecule has 1 fully saturated rings. The van der Waals surface area contributed by atoms with E-state index in [0.717, 1.165) is 0 Å². The molecule has 1 aliphatic heterocycles. The van der Waals surface area contributed by atoms with Crippen LogP contribution in [0.15, 0.2) is 77.7 Å². The van der Waals surface area contributed by atoms with Gasteiger partial charge in [0.1, 0.15) is 31.0 Å². The zero-order valence-corrected chi connectivity index (χ0v) is 19.1. The first-order valence-electron chi connectivity index (χ1n) is 10.8. The number of fused-ring (bicyclic) bond motifs is 3. The predicted octanol–water partition coefficient (Wildman–Crippen LogP) is 2.76. The van der Waals surface area contributed by atoms with Gasteiger partial charge in [-0.3, -0.25) is 4.79 Å². The van der Waals surface area contributed by atoms with E-state index in [-0.39, 0.29) is 11.5 Å². The summed E-state index contributed by atoms with van der Waals surface area (Å²) in [6, 6.07) is 20.4. The number of aromatic nitrogens is 1. The van der Waals surface area contributed by atoms with Gasteiger partial charge >= 0.3 is 5.97 Å². The van der Waals surface area contributed by atoms with E-state index >= 15 is 0 Å². The minimum Gasteiger partial charge on any atom is -0.463 e. The Morgan fingerprint density at radius 2 is 1.62 bits per heavy atom. The van der Waals surface area contributed by atoms with E-state index < -0.39 is 40.4 Å². The first kappa shape index (κ1) is 22.5. The van der Waals surface area contributed by atoms with Crippen molar-refractivity contribution in [2.75, 3.05) is 6.61 Å². The van der Waals surface area contributed by atoms with E-state index in [1.807, 2.05) is 12.1 Å². The van der Waals surface area contributed by atoms with Crippen LogP contribution in [0.2, 0.25) is 0 Å². The molecule has 0 saturated carbocycles. The number of nitrogens with zero attached hydrogens (tertiary/aromatic N) is 1. The van der Waals surface area contributed by atoms with Gasteiger partial charge in [0.2, 0.25) is 0 Å². The van der Waals surface area contributed by atoms with Crippen LogP contribution in [0.5, 0.6) is 0 Å². The second-order valence-corrected chi connectivity index (χ2v) is 10.0. The summed E-state index contributed by atoms with van der Waals surface area (Å²) in [6.07, 6.45) is -4.43. The molecule has 5 rings (SSSR count). The van der Waals surface area contributed by atoms with Gasteiger partial charge in [-0.25, -0.2) is 12.4 Å². The third-order valence-electron chi connectivity index (χ3n) is 6.09. The Kier molecular flexibility index (Phi) is 5.65. The van der Waals surface area contributed by atoms with Crippen molar-refractivity contribution in [2.45, 2.75) is 36.2 Å². The molecule has 0 aliphatic carbocycles. The fraction of sp³-hybridized carbons (Fsp3) is 0.240. The van der Waals surface area contributed by atoms with Crippen LogP contribution in [-0.4, -0.2) is 53.5 Å². The molecule has 1 aromatic heterocycles. The molecule has 1 aliphatic rings. The molecule has 0 bridgehead atoms. The van der Waals surface area contributed by atoms with Crippen LogP contribution in [0.3, 0.4) is 0 Å². The first-order chi connectivity index (χ1) is 16.3. The predicted molar refractivity (Wildman–Crippen MR) is 125 cm³/mol. The second kappa shape index (κ2) is 8.52. The van der Waals surface area contributed by atoms with Crippen molar-refractivity contribution < 1.29 is 32.9 Å². The number of carbonyl (C=O) groups excluding carboxylic acids is 1. The molecule has 0 radical (unpaired) electrons. The van der Waals surface area contributed by atoms with Gasteiger partial charge in [0.25, 0.3) is 10.0 Å². The second-order valence-electron chi connectivity index (χ2n) is 8.22. The summed E-state index contributed by atoms with van der Waals surface area (Å²) in [5, 5.41) is 22.6. The van der Waals surface area contributed by atoms with E-state index in [4.69, 9.17) is 9.47 Å². The molecule has 2 N–H and O–H groups in total. The number of ether oxygens (including phenoxy) is 2. The summed E-state index contributed by atoms with van der Waals surface area (Å²) in [5.41, 5.74) is 1.45. The molecular formula is C25H23NO7S. The minimum atomic E-state index is -3.94. The summed E-state index contributed by atoms with van der Waals surface area (Å²) in [7, 11) is -3.94. The number of aliphatic hydroxyl groups is 2. The summed E-state index contributed by atoms with van der Waals surface area (Å²) >= 11 is 0. The molecule has 0 spiro atoms. The highest BCUT2D eigenvalue weighted by molar-refractivity contribution is 7.90. The summed E-state index contributed by atoms with van der Waals surface area (Å²) in [4.78, 5) is 11.3. The van der Waals surface area contributed by atoms with Gasteiger partial charge in [-0.15, -0.1) is 0 Å². The Bertz CT molecular complexity index is 1480. The summed E-state index contributed by atoms with van der Waals surface area (Å²) in [6.45, 7) is 1.04. The van der Waals surface area contributed by atoms with Gasteiger partial charge in [0.15, 0.2) is 0 Å². The van der Waals surface area contributed by atoms with E-state index in [2.05, 4.69) is 0 Å². The number of aliphatic hydroxyl groups excluding tert-OH is 2. The normalized spacial score (nSPS) is 22.9. The summed E-state index contributed by atoms with van der Waals surface area (Å²) < 4.78 is 39.5. The number of carbonyl (C=O) groups is 1. The molecule has 1 saturated heterocycles. The van der Waals surface area contributed by atoms with Gasteiger partial charge < -0.3 is 19.7 Å². The minimum absolute atomic E-state index is 0.150. The number of para-hydroxylation sites is 1. The topological polar surface area (TPSA) is 115 Å². The van der Waals surface area contributed by atoms with Crippen LogP contribution in [0.1, 0.15) is 18.6 Å². The molecule has 0 amide bonds. The maximum Gasteiger partial charge on any atom is 0.302 e. The largest absolute Gasteiger partial charge is 0.463 e. The van der Waals surface area contributed by atoms with Gasteiger partial charge in [-0.05, 0) is 29.8 Å². The Balaban J connectivity index is 1.70. The zero-order chi connectivity index (χ0) is 24.0. The molecule has 9 heteroatoms. The Morgan fingerprint density at radius 1 is 0.941 bits per heavy atom. The highest BCUT2D eigenvalue weighted by Crippen LogP contribution is 2.41. The lowest BCUT2D eigenvalue weighted by molar-refractivity contribution is -0.146. The first-order valence-corrected chi connectivity index (χ1v) is 12.2. The molecule has 4 atom stereocenters. The maximum atomic E-state index is 13.7. The average molecular weight is 482 g/mol. The zero-order valence-electron chi connectivity index (χ0n) is 18.2. The van der Waals surface area contributed by atoms with Crippen LogP contribution in [0.4, 0.5) is 0 Å². The lowest BCUT2D eigenvalue weighted by Crippen LogP contribution is -2.33. The number of benzene rings is 3. The standard InChI is InChI=1S/C25H23NO7S/c1-15(27)32-14-21-23(28)24(29)25(33-21)18-11-7-13-20-22(18)17-10-5-6-12-19(17)26(20)34(30,31)16-8-3-2-4-9-16/h2-13,21,23-25,28-29H,14H2,1H3/t21-,23+,24-,25-/m0/s1. The lowest BCUT2D eigenvalue weighted by atomic mass is 9.97. The van der Waals surface area contributed by atoms with E-state index in [0.29, 0.717) is 27.4 Å². The number of esters is 1. The summed E-state index contributed by atoms with van der Waals surface area (Å²) in [5.74, 6) is -0.523. The van der Waals surface area contributed by atoms with Crippen molar-refractivity contribution in [1.29, 1.82) is 0 Å². The van der Waals surface area contributed by atoms with E-state index in [9.17, 15) is 23.4 Å². The van der Waals surface area contributed by atoms with Gasteiger partial charge in [-0.1, -0.05) is 48.5 Å². The molecule has 8 nitrogen and oxygen atoms in total. The molecule has 34 heavy (non-hydrogen) atoms. The molecule has 0 unspecified atom stereocenters. The third-order valence-corrected chi connectivity index (χ3v) is 7.83. The smallest absolute Gasteiger partial charge is 0.302 e. The monoisotopic (exact) mass is 481 g/mol. The maximum absolute atomic E-state index is 13.7. The average Bonchev–Trinajstić information content (AvgIpc) is 3.33. The Hall–Kier alpha value is -3.24. The van der Waals surface area contributed by atoms with Crippen molar-refractivity contribution in [1.82, 2.24) is 3.97 Å². The van der Waals surface area contributed by atoms with E-state index in [1.54, 1.807) is 60.7 Å². The van der Waals surface area contributed by atoms with E-state index in [1.165, 1.54) is 10.9 Å². The van der Waals surface area contributed by atoms with Crippen LogP contribution >= 0.6 is 0 Å². The van der Waals surface area contributed by atoms with Crippen molar-refractivity contribution in [2.24, 2.45) is 0 Å². The molecule has 4 aromatic rings. The number of hydrogen-bond acceptors (Lipinski definition) is 7.